The minimum Gasteiger partial charge on any atom is -0.335 e. The third kappa shape index (κ3) is 5.03. The quantitative estimate of drug-likeness (QED) is 0.644. The van der Waals surface area contributed by atoms with E-state index >= 15 is 0 Å². The predicted molar refractivity (Wildman–Crippen MR) is 126 cm³/mol. The van der Waals surface area contributed by atoms with Crippen molar-refractivity contribution in [2.45, 2.75) is 98.1 Å². The zero-order valence-electron chi connectivity index (χ0n) is 20.9. The molecule has 1 aromatic rings. The summed E-state index contributed by atoms with van der Waals surface area (Å²) in [6.45, 7) is 13.3. The summed E-state index contributed by atoms with van der Waals surface area (Å²) in [4.78, 5) is 31.8. The Hall–Kier alpha value is -1.77. The van der Waals surface area contributed by atoms with Crippen molar-refractivity contribution in [1.29, 1.82) is 0 Å². The van der Waals surface area contributed by atoms with Gasteiger partial charge in [-0.15, -0.1) is 0 Å². The number of urea groups is 1. The number of amides is 3. The molecule has 2 atom stereocenters. The van der Waals surface area contributed by atoms with Crippen molar-refractivity contribution in [2.75, 3.05) is 13.1 Å². The van der Waals surface area contributed by atoms with Crippen LogP contribution in [0.5, 0.6) is 0 Å². The fourth-order valence-corrected chi connectivity index (χ4v) is 5.62. The first-order valence-electron chi connectivity index (χ1n) is 11.9. The van der Waals surface area contributed by atoms with E-state index in [2.05, 4.69) is 48.2 Å². The van der Waals surface area contributed by atoms with Crippen LogP contribution in [0.3, 0.4) is 0 Å². The van der Waals surface area contributed by atoms with Crippen molar-refractivity contribution < 1.29 is 18.4 Å². The number of unbranched alkanes of at least 4 members (excludes halogenated alkanes) is 1. The Morgan fingerprint density at radius 2 is 1.88 bits per heavy atom. The lowest BCUT2D eigenvalue weighted by atomic mass is 9.67. The normalized spacial score (nSPS) is 26.9. The summed E-state index contributed by atoms with van der Waals surface area (Å²) in [5.41, 5.74) is -0.338. The molecule has 6 nitrogen and oxygen atoms in total. The van der Waals surface area contributed by atoms with E-state index in [1.165, 1.54) is 11.5 Å². The van der Waals surface area contributed by atoms with Gasteiger partial charge in [-0.1, -0.05) is 34.1 Å². The lowest BCUT2D eigenvalue weighted by Crippen LogP contribution is -2.63. The number of carbonyl (C=O) groups excluding carboxylic acids is 2. The minimum atomic E-state index is -2.80. The molecule has 186 valence electrons. The monoisotopic (exact) mass is 484 g/mol. The highest BCUT2D eigenvalue weighted by atomic mass is 32.1. The number of nitrogens with one attached hydrogen (secondary N) is 1. The van der Waals surface area contributed by atoms with Crippen LogP contribution in [-0.2, 0) is 16.8 Å². The molecule has 1 aliphatic heterocycles. The number of nitrogens with zero attached hydrogens (tertiary/aromatic N) is 3. The SMILES string of the molecule is CCCCc1cn(C(C)(C)C)sc1=NC(=O)[C@]1(C)CC[C@H](NC(=O)N2CC(F)(F)C2)C1(C)C. The smallest absolute Gasteiger partial charge is 0.318 e. The van der Waals surface area contributed by atoms with E-state index < -0.39 is 35.9 Å². The second kappa shape index (κ2) is 8.78. The number of alkyl halides is 2. The summed E-state index contributed by atoms with van der Waals surface area (Å²) in [5, 5.41) is 2.90. The molecule has 0 unspecified atom stereocenters. The summed E-state index contributed by atoms with van der Waals surface area (Å²) in [6, 6.07) is -0.773. The van der Waals surface area contributed by atoms with E-state index in [4.69, 9.17) is 0 Å². The average molecular weight is 485 g/mol. The molecular formula is C24H38F2N4O2S. The van der Waals surface area contributed by atoms with Gasteiger partial charge in [0.1, 0.15) is 4.67 Å². The van der Waals surface area contributed by atoms with Gasteiger partial charge in [0.05, 0.1) is 18.5 Å². The standard InChI is InChI=1S/C24H38F2N4O2S/c1-8-9-10-16-13-30(21(2,3)4)33-18(16)28-19(31)23(7)12-11-17(22(23,5)6)27-20(32)29-14-24(25,26)15-29/h13,17H,8-12,14-15H2,1-7H3,(H,27,32)/t17-,23-/m0/s1. The van der Waals surface area contributed by atoms with Gasteiger partial charge in [0, 0.05) is 23.3 Å². The van der Waals surface area contributed by atoms with E-state index in [0.717, 1.165) is 34.4 Å². The van der Waals surface area contributed by atoms with Crippen LogP contribution >= 0.6 is 11.5 Å². The maximum Gasteiger partial charge on any atom is 0.318 e. The van der Waals surface area contributed by atoms with Crippen LogP contribution in [0.2, 0.25) is 0 Å². The fourth-order valence-electron chi connectivity index (χ4n) is 4.58. The highest BCUT2D eigenvalue weighted by Crippen LogP contribution is 2.53. The topological polar surface area (TPSA) is 66.7 Å². The van der Waals surface area contributed by atoms with Gasteiger partial charge in [0.15, 0.2) is 0 Å². The summed E-state index contributed by atoms with van der Waals surface area (Å²) in [7, 11) is 0. The number of likely N-dealkylation sites (tertiary alicyclic amines) is 1. The maximum absolute atomic E-state index is 13.6. The first-order chi connectivity index (χ1) is 15.1. The van der Waals surface area contributed by atoms with Crippen LogP contribution in [-0.4, -0.2) is 45.8 Å². The lowest BCUT2D eigenvalue weighted by molar-refractivity contribution is -0.132. The van der Waals surface area contributed by atoms with E-state index in [0.29, 0.717) is 12.8 Å². The molecule has 1 saturated heterocycles. The van der Waals surface area contributed by atoms with Crippen molar-refractivity contribution in [3.05, 3.63) is 16.4 Å². The van der Waals surface area contributed by atoms with Gasteiger partial charge in [-0.3, -0.25) is 8.75 Å². The van der Waals surface area contributed by atoms with Gasteiger partial charge in [0.2, 0.25) is 0 Å². The Labute approximate surface area is 199 Å². The molecule has 0 radical (unpaired) electrons. The number of aryl methyl sites for hydroxylation is 1. The molecule has 1 aliphatic carbocycles. The summed E-state index contributed by atoms with van der Waals surface area (Å²) in [6.07, 6.45) is 6.27. The second-order valence-corrected chi connectivity index (χ2v) is 12.3. The Morgan fingerprint density at radius 3 is 2.42 bits per heavy atom. The second-order valence-electron chi connectivity index (χ2n) is 11.4. The van der Waals surface area contributed by atoms with Crippen LogP contribution in [0.15, 0.2) is 11.2 Å². The van der Waals surface area contributed by atoms with E-state index in [1.807, 2.05) is 20.8 Å². The molecule has 2 aliphatic rings. The zero-order chi connectivity index (χ0) is 24.8. The van der Waals surface area contributed by atoms with Crippen LogP contribution in [0.4, 0.5) is 13.6 Å². The van der Waals surface area contributed by atoms with Crippen molar-refractivity contribution in [3.8, 4) is 0 Å². The third-order valence-corrected chi connectivity index (χ3v) is 8.90. The number of hydrogen-bond acceptors (Lipinski definition) is 3. The Morgan fingerprint density at radius 1 is 1.24 bits per heavy atom. The number of rotatable bonds is 5. The Bertz CT molecular complexity index is 968. The largest absolute Gasteiger partial charge is 0.335 e. The molecule has 0 aromatic carbocycles. The third-order valence-electron chi connectivity index (χ3n) is 7.52. The number of halogens is 2. The molecule has 0 bridgehead atoms. The van der Waals surface area contributed by atoms with Crippen LogP contribution in [0, 0.1) is 10.8 Å². The Balaban J connectivity index is 1.82. The van der Waals surface area contributed by atoms with Crippen LogP contribution < -0.4 is 9.99 Å². The minimum absolute atomic E-state index is 0.0952. The van der Waals surface area contributed by atoms with Gasteiger partial charge in [-0.25, -0.2) is 18.6 Å². The van der Waals surface area contributed by atoms with Crippen molar-refractivity contribution in [2.24, 2.45) is 15.8 Å². The van der Waals surface area contributed by atoms with Gasteiger partial charge in [-0.2, -0.15) is 0 Å². The maximum atomic E-state index is 13.6. The van der Waals surface area contributed by atoms with Gasteiger partial charge < -0.3 is 10.2 Å². The van der Waals surface area contributed by atoms with Gasteiger partial charge >= 0.3 is 6.03 Å². The molecule has 3 amide bonds. The molecule has 1 N–H and O–H groups in total. The number of carbonyl (C=O) groups is 2. The van der Waals surface area contributed by atoms with Crippen LogP contribution in [0.1, 0.15) is 79.7 Å². The summed E-state index contributed by atoms with van der Waals surface area (Å²) >= 11 is 1.51. The molecular weight excluding hydrogens is 446 g/mol. The number of hydrogen-bond donors (Lipinski definition) is 1. The fraction of sp³-hybridized carbons (Fsp3) is 0.792. The molecule has 2 heterocycles. The van der Waals surface area contributed by atoms with Crippen LogP contribution in [0.25, 0.3) is 0 Å². The van der Waals surface area contributed by atoms with E-state index in [9.17, 15) is 18.4 Å². The lowest BCUT2D eigenvalue weighted by Gasteiger charge is -2.42. The highest BCUT2D eigenvalue weighted by Gasteiger charge is 2.57. The van der Waals surface area contributed by atoms with E-state index in [1.54, 1.807) is 0 Å². The van der Waals surface area contributed by atoms with Crippen molar-refractivity contribution in [1.82, 2.24) is 14.2 Å². The predicted octanol–water partition coefficient (Wildman–Crippen LogP) is 4.93. The number of aromatic nitrogens is 1. The molecule has 2 fully saturated rings. The van der Waals surface area contributed by atoms with Crippen molar-refractivity contribution >= 4 is 23.5 Å². The van der Waals surface area contributed by atoms with Gasteiger partial charge in [-0.05, 0) is 63.4 Å². The van der Waals surface area contributed by atoms with E-state index in [-0.39, 0.29) is 17.5 Å². The molecule has 1 saturated carbocycles. The first-order valence-corrected chi connectivity index (χ1v) is 12.6. The highest BCUT2D eigenvalue weighted by molar-refractivity contribution is 7.04. The molecule has 0 spiro atoms. The molecule has 3 rings (SSSR count). The molecule has 1 aromatic heterocycles. The summed E-state index contributed by atoms with van der Waals surface area (Å²) in [5.74, 6) is -2.98. The zero-order valence-corrected chi connectivity index (χ0v) is 21.7. The first kappa shape index (κ1) is 25.8. The molecule has 9 heteroatoms. The van der Waals surface area contributed by atoms with Crippen molar-refractivity contribution in [3.63, 3.8) is 0 Å². The average Bonchev–Trinajstić information content (AvgIpc) is 3.18. The van der Waals surface area contributed by atoms with Gasteiger partial charge in [0.25, 0.3) is 11.8 Å². The summed E-state index contributed by atoms with van der Waals surface area (Å²) < 4.78 is 29.2. The molecule has 33 heavy (non-hydrogen) atoms. The Kier molecular flexibility index (Phi) is 6.88.